The topological polar surface area (TPSA) is 12.0 Å². The molecule has 1 atom stereocenters. The highest BCUT2D eigenvalue weighted by molar-refractivity contribution is 6.30. The number of halogens is 2. The van der Waals surface area contributed by atoms with Gasteiger partial charge in [-0.05, 0) is 49.0 Å². The van der Waals surface area contributed by atoms with Crippen LogP contribution < -0.4 is 5.32 Å². The minimum atomic E-state index is -0.298. The van der Waals surface area contributed by atoms with Gasteiger partial charge in [0.25, 0.3) is 0 Å². The molecule has 0 bridgehead atoms. The first-order valence-electron chi connectivity index (χ1n) is 7.35. The molecule has 1 aromatic carbocycles. The van der Waals surface area contributed by atoms with Crippen molar-refractivity contribution in [3.05, 3.63) is 34.6 Å². The van der Waals surface area contributed by atoms with Crippen molar-refractivity contribution in [1.82, 2.24) is 5.32 Å². The van der Waals surface area contributed by atoms with Crippen LogP contribution in [0, 0.1) is 17.7 Å². The maximum absolute atomic E-state index is 13.5. The summed E-state index contributed by atoms with van der Waals surface area (Å²) in [7, 11) is 0. The Hall–Kier alpha value is -0.600. The van der Waals surface area contributed by atoms with E-state index in [1.807, 2.05) is 6.07 Å². The molecule has 0 aromatic heterocycles. The maximum Gasteiger partial charge on any atom is 0.142 e. The van der Waals surface area contributed by atoms with Gasteiger partial charge in [0.05, 0.1) is 5.02 Å². The summed E-state index contributed by atoms with van der Waals surface area (Å²) in [4.78, 5) is 0. The zero-order chi connectivity index (χ0) is 13.7. The molecule has 1 fully saturated rings. The van der Waals surface area contributed by atoms with Gasteiger partial charge in [0.15, 0.2) is 0 Å². The van der Waals surface area contributed by atoms with Crippen molar-refractivity contribution in [3.8, 4) is 0 Å². The van der Waals surface area contributed by atoms with E-state index in [0.29, 0.717) is 5.92 Å². The third-order valence-electron chi connectivity index (χ3n) is 4.20. The summed E-state index contributed by atoms with van der Waals surface area (Å²) in [6, 6.07) is 5.22. The van der Waals surface area contributed by atoms with Gasteiger partial charge in [0.2, 0.25) is 0 Å². The van der Waals surface area contributed by atoms with Crippen molar-refractivity contribution in [3.63, 3.8) is 0 Å². The van der Waals surface area contributed by atoms with Crippen LogP contribution in [0.2, 0.25) is 5.02 Å². The van der Waals surface area contributed by atoms with Gasteiger partial charge in [-0.1, -0.05) is 50.3 Å². The standard InChI is InChI=1S/C16H23ClFN/c1-2-19-11-14(13-5-3-4-6-13)9-12-7-8-15(17)16(18)10-12/h7-8,10,13-14,19H,2-6,9,11H2,1H3. The first kappa shape index (κ1) is 14.8. The van der Waals surface area contributed by atoms with Gasteiger partial charge in [-0.3, -0.25) is 0 Å². The molecule has 0 saturated heterocycles. The van der Waals surface area contributed by atoms with Crippen molar-refractivity contribution in [2.24, 2.45) is 11.8 Å². The summed E-state index contributed by atoms with van der Waals surface area (Å²) in [5, 5.41) is 3.67. The van der Waals surface area contributed by atoms with Crippen molar-refractivity contribution in [1.29, 1.82) is 0 Å². The minimum Gasteiger partial charge on any atom is -0.317 e. The zero-order valence-corrected chi connectivity index (χ0v) is 12.3. The minimum absolute atomic E-state index is 0.216. The fourth-order valence-corrected chi connectivity index (χ4v) is 3.25. The first-order chi connectivity index (χ1) is 9.20. The molecular formula is C16H23ClFN. The molecule has 0 aliphatic heterocycles. The molecule has 1 N–H and O–H groups in total. The van der Waals surface area contributed by atoms with Crippen molar-refractivity contribution >= 4 is 11.6 Å². The van der Waals surface area contributed by atoms with Crippen molar-refractivity contribution < 1.29 is 4.39 Å². The first-order valence-corrected chi connectivity index (χ1v) is 7.73. The molecule has 0 amide bonds. The number of benzene rings is 1. The third-order valence-corrected chi connectivity index (χ3v) is 4.51. The highest BCUT2D eigenvalue weighted by Crippen LogP contribution is 2.33. The fraction of sp³-hybridized carbons (Fsp3) is 0.625. The summed E-state index contributed by atoms with van der Waals surface area (Å²) >= 11 is 5.74. The molecule has 1 saturated carbocycles. The second kappa shape index (κ2) is 7.25. The maximum atomic E-state index is 13.5. The molecular weight excluding hydrogens is 261 g/mol. The second-order valence-electron chi connectivity index (χ2n) is 5.56. The Balaban J connectivity index is 2.03. The SMILES string of the molecule is CCNCC(Cc1ccc(Cl)c(F)c1)C1CCCC1. The van der Waals surface area contributed by atoms with Crippen LogP contribution in [-0.2, 0) is 6.42 Å². The molecule has 1 aromatic rings. The highest BCUT2D eigenvalue weighted by Gasteiger charge is 2.24. The predicted octanol–water partition coefficient (Wildman–Crippen LogP) is 4.44. The Bertz CT molecular complexity index is 402. The predicted molar refractivity (Wildman–Crippen MR) is 79.1 cm³/mol. The van der Waals surface area contributed by atoms with E-state index in [1.165, 1.54) is 25.7 Å². The van der Waals surface area contributed by atoms with E-state index in [2.05, 4.69) is 12.2 Å². The van der Waals surface area contributed by atoms with Gasteiger partial charge in [0, 0.05) is 0 Å². The number of hydrogen-bond donors (Lipinski definition) is 1. The molecule has 3 heteroatoms. The Kier molecular flexibility index (Phi) is 5.65. The lowest BCUT2D eigenvalue weighted by Gasteiger charge is -2.24. The molecule has 1 unspecified atom stereocenters. The summed E-state index contributed by atoms with van der Waals surface area (Å²) in [6.45, 7) is 4.16. The van der Waals surface area contributed by atoms with E-state index in [0.717, 1.165) is 31.0 Å². The van der Waals surface area contributed by atoms with Gasteiger partial charge in [-0.25, -0.2) is 4.39 Å². The number of hydrogen-bond acceptors (Lipinski definition) is 1. The molecule has 2 rings (SSSR count). The molecule has 0 spiro atoms. The molecule has 1 nitrogen and oxygen atoms in total. The number of rotatable bonds is 6. The quantitative estimate of drug-likeness (QED) is 0.814. The van der Waals surface area contributed by atoms with Gasteiger partial charge in [-0.15, -0.1) is 0 Å². The largest absolute Gasteiger partial charge is 0.317 e. The van der Waals surface area contributed by atoms with Crippen LogP contribution in [0.3, 0.4) is 0 Å². The third kappa shape index (κ3) is 4.19. The molecule has 1 aliphatic rings. The number of nitrogens with one attached hydrogen (secondary N) is 1. The van der Waals surface area contributed by atoms with Crippen LogP contribution in [-0.4, -0.2) is 13.1 Å². The van der Waals surface area contributed by atoms with Crippen LogP contribution >= 0.6 is 11.6 Å². The normalized spacial score (nSPS) is 17.8. The molecule has 0 radical (unpaired) electrons. The average Bonchev–Trinajstić information content (AvgIpc) is 2.92. The fourth-order valence-electron chi connectivity index (χ4n) is 3.13. The summed E-state index contributed by atoms with van der Waals surface area (Å²) in [5.74, 6) is 1.11. The van der Waals surface area contributed by atoms with Crippen LogP contribution in [0.25, 0.3) is 0 Å². The second-order valence-corrected chi connectivity index (χ2v) is 5.97. The molecule has 106 valence electrons. The van der Waals surface area contributed by atoms with Gasteiger partial charge < -0.3 is 5.32 Å². The lowest BCUT2D eigenvalue weighted by Crippen LogP contribution is -2.28. The lowest BCUT2D eigenvalue weighted by molar-refractivity contribution is 0.323. The average molecular weight is 284 g/mol. The summed E-state index contributed by atoms with van der Waals surface area (Å²) in [6.07, 6.45) is 6.30. The van der Waals surface area contributed by atoms with Crippen LogP contribution in [0.5, 0.6) is 0 Å². The van der Waals surface area contributed by atoms with E-state index in [1.54, 1.807) is 12.1 Å². The van der Waals surface area contributed by atoms with Gasteiger partial charge >= 0.3 is 0 Å². The van der Waals surface area contributed by atoms with Crippen LogP contribution in [0.1, 0.15) is 38.2 Å². The van der Waals surface area contributed by atoms with E-state index in [9.17, 15) is 4.39 Å². The van der Waals surface area contributed by atoms with Crippen molar-refractivity contribution in [2.45, 2.75) is 39.0 Å². The van der Waals surface area contributed by atoms with E-state index >= 15 is 0 Å². The van der Waals surface area contributed by atoms with Crippen LogP contribution in [0.4, 0.5) is 4.39 Å². The van der Waals surface area contributed by atoms with Gasteiger partial charge in [0.1, 0.15) is 5.82 Å². The summed E-state index contributed by atoms with van der Waals surface area (Å²) < 4.78 is 13.5. The molecule has 19 heavy (non-hydrogen) atoms. The monoisotopic (exact) mass is 283 g/mol. The van der Waals surface area contributed by atoms with E-state index < -0.39 is 0 Å². The zero-order valence-electron chi connectivity index (χ0n) is 11.6. The molecule has 1 aliphatic carbocycles. The van der Waals surface area contributed by atoms with Gasteiger partial charge in [-0.2, -0.15) is 0 Å². The Morgan fingerprint density at radius 3 is 2.74 bits per heavy atom. The highest BCUT2D eigenvalue weighted by atomic mass is 35.5. The Morgan fingerprint density at radius 1 is 1.37 bits per heavy atom. The Morgan fingerprint density at radius 2 is 2.11 bits per heavy atom. The lowest BCUT2D eigenvalue weighted by atomic mass is 9.85. The van der Waals surface area contributed by atoms with E-state index in [4.69, 9.17) is 11.6 Å². The summed E-state index contributed by atoms with van der Waals surface area (Å²) in [5.41, 5.74) is 1.07. The van der Waals surface area contributed by atoms with Crippen molar-refractivity contribution in [2.75, 3.05) is 13.1 Å². The Labute approximate surface area is 120 Å². The van der Waals surface area contributed by atoms with E-state index in [-0.39, 0.29) is 10.8 Å². The van der Waals surface area contributed by atoms with Crippen LogP contribution in [0.15, 0.2) is 18.2 Å². The molecule has 0 heterocycles. The smallest absolute Gasteiger partial charge is 0.142 e.